The van der Waals surface area contributed by atoms with Crippen molar-refractivity contribution in [1.29, 1.82) is 0 Å². The molecule has 2 atom stereocenters. The first kappa shape index (κ1) is 26.3. The van der Waals surface area contributed by atoms with E-state index in [2.05, 4.69) is 36.5 Å². The lowest BCUT2D eigenvalue weighted by Gasteiger charge is -2.41. The molecule has 4 rings (SSSR count). The lowest BCUT2D eigenvalue weighted by Crippen LogP contribution is -2.54. The third-order valence-corrected chi connectivity index (χ3v) is 6.71. The molecule has 1 aliphatic rings. The standard InChI is InChI=1S/C30H35N3O4/c1-4-7-11-19-36-30(35)32-22-16-14-21(15-17-22)28-29-24(23-12-9-10-13-25(23)37-29)20-26(31-18-8-5-2)33(28)27(34)6-3/h3,9-10,12-17,26,28,31H,4-5,7-8,11,18-20H2,1-2H3,(H,32,35)/t26-,28+/m1/s1. The zero-order chi connectivity index (χ0) is 26.2. The number of rotatable bonds is 10. The Balaban J connectivity index is 1.65. The van der Waals surface area contributed by atoms with Gasteiger partial charge < -0.3 is 14.1 Å². The van der Waals surface area contributed by atoms with Gasteiger partial charge >= 0.3 is 6.09 Å². The molecule has 2 heterocycles. The summed E-state index contributed by atoms with van der Waals surface area (Å²) in [6.07, 6.45) is 10.4. The van der Waals surface area contributed by atoms with Crippen LogP contribution in [-0.4, -0.2) is 36.2 Å². The van der Waals surface area contributed by atoms with Crippen LogP contribution in [0.2, 0.25) is 0 Å². The van der Waals surface area contributed by atoms with Crippen molar-refractivity contribution in [1.82, 2.24) is 10.2 Å². The summed E-state index contributed by atoms with van der Waals surface area (Å²) in [6.45, 7) is 5.40. The number of unbranched alkanes of at least 4 members (excludes halogenated alkanes) is 3. The van der Waals surface area contributed by atoms with E-state index < -0.39 is 18.0 Å². The number of furan rings is 1. The maximum atomic E-state index is 13.1. The number of ether oxygens (including phenoxy) is 1. The van der Waals surface area contributed by atoms with E-state index in [0.29, 0.717) is 18.7 Å². The second-order valence-corrected chi connectivity index (χ2v) is 9.32. The second kappa shape index (κ2) is 12.5. The maximum absolute atomic E-state index is 13.1. The Morgan fingerprint density at radius 1 is 1.08 bits per heavy atom. The molecule has 1 aromatic heterocycles. The minimum absolute atomic E-state index is 0.274. The molecule has 2 amide bonds. The normalized spacial score (nSPS) is 16.7. The average Bonchev–Trinajstić information content (AvgIpc) is 3.29. The van der Waals surface area contributed by atoms with Crippen molar-refractivity contribution in [3.63, 3.8) is 0 Å². The minimum atomic E-state index is -0.506. The first-order valence-electron chi connectivity index (χ1n) is 13.1. The summed E-state index contributed by atoms with van der Waals surface area (Å²) in [5, 5.41) is 7.35. The Morgan fingerprint density at radius 3 is 2.57 bits per heavy atom. The molecule has 0 spiro atoms. The summed E-state index contributed by atoms with van der Waals surface area (Å²) in [5.41, 5.74) is 3.31. The molecule has 0 saturated carbocycles. The molecule has 194 valence electrons. The highest BCUT2D eigenvalue weighted by Crippen LogP contribution is 2.42. The molecule has 7 nitrogen and oxygen atoms in total. The molecule has 2 aromatic carbocycles. The zero-order valence-electron chi connectivity index (χ0n) is 21.6. The largest absolute Gasteiger partial charge is 0.458 e. The van der Waals surface area contributed by atoms with E-state index in [4.69, 9.17) is 15.6 Å². The third kappa shape index (κ3) is 5.98. The molecule has 37 heavy (non-hydrogen) atoms. The number of terminal acetylenes is 1. The van der Waals surface area contributed by atoms with Gasteiger partial charge in [-0.25, -0.2) is 4.79 Å². The summed E-state index contributed by atoms with van der Waals surface area (Å²) in [6, 6.07) is 14.8. The van der Waals surface area contributed by atoms with Crippen LogP contribution in [0.15, 0.2) is 52.9 Å². The van der Waals surface area contributed by atoms with E-state index in [0.717, 1.165) is 66.5 Å². The fourth-order valence-electron chi connectivity index (χ4n) is 4.83. The molecule has 3 aromatic rings. The Morgan fingerprint density at radius 2 is 1.84 bits per heavy atom. The zero-order valence-corrected chi connectivity index (χ0v) is 21.6. The molecule has 0 fully saturated rings. The number of hydrogen-bond acceptors (Lipinski definition) is 5. The number of benzene rings is 2. The number of carbonyl (C=O) groups is 2. The van der Waals surface area contributed by atoms with E-state index in [1.54, 1.807) is 17.0 Å². The van der Waals surface area contributed by atoms with Crippen molar-refractivity contribution in [2.24, 2.45) is 0 Å². The van der Waals surface area contributed by atoms with Crippen LogP contribution in [0.5, 0.6) is 0 Å². The number of fused-ring (bicyclic) bond motifs is 3. The number of amides is 2. The predicted molar refractivity (Wildman–Crippen MR) is 145 cm³/mol. The van der Waals surface area contributed by atoms with E-state index in [1.807, 2.05) is 30.3 Å². The summed E-state index contributed by atoms with van der Waals surface area (Å²) < 4.78 is 11.6. The van der Waals surface area contributed by atoms with Crippen LogP contribution >= 0.6 is 0 Å². The van der Waals surface area contributed by atoms with Gasteiger partial charge in [-0.15, -0.1) is 6.42 Å². The maximum Gasteiger partial charge on any atom is 0.411 e. The molecule has 0 radical (unpaired) electrons. The molecule has 1 aliphatic heterocycles. The second-order valence-electron chi connectivity index (χ2n) is 9.32. The Hall–Kier alpha value is -3.76. The monoisotopic (exact) mass is 501 g/mol. The first-order chi connectivity index (χ1) is 18.1. The van der Waals surface area contributed by atoms with Crippen LogP contribution in [0, 0.1) is 12.3 Å². The lowest BCUT2D eigenvalue weighted by atomic mass is 9.90. The quantitative estimate of drug-likeness (QED) is 0.263. The fraction of sp³-hybridized carbons (Fsp3) is 0.400. The Labute approximate surface area is 218 Å². The van der Waals surface area contributed by atoms with Gasteiger partial charge in [-0.3, -0.25) is 15.4 Å². The van der Waals surface area contributed by atoms with E-state index in [9.17, 15) is 9.59 Å². The molecule has 0 saturated heterocycles. The van der Waals surface area contributed by atoms with Crippen molar-refractivity contribution in [2.75, 3.05) is 18.5 Å². The van der Waals surface area contributed by atoms with Crippen LogP contribution in [0.25, 0.3) is 11.0 Å². The molecule has 7 heteroatoms. The van der Waals surface area contributed by atoms with Gasteiger partial charge in [0.05, 0.1) is 12.8 Å². The number of hydrogen-bond donors (Lipinski definition) is 2. The number of anilines is 1. The molecular weight excluding hydrogens is 466 g/mol. The van der Waals surface area contributed by atoms with Gasteiger partial charge in [0.25, 0.3) is 5.91 Å². The molecule has 0 unspecified atom stereocenters. The summed E-state index contributed by atoms with van der Waals surface area (Å²) >= 11 is 0. The average molecular weight is 502 g/mol. The topological polar surface area (TPSA) is 83.8 Å². The summed E-state index contributed by atoms with van der Waals surface area (Å²) in [7, 11) is 0. The highest BCUT2D eigenvalue weighted by Gasteiger charge is 2.41. The number of carbonyl (C=O) groups excluding carboxylic acids is 2. The summed E-state index contributed by atoms with van der Waals surface area (Å²) in [4.78, 5) is 27.0. The number of nitrogens with one attached hydrogen (secondary N) is 2. The van der Waals surface area contributed by atoms with Crippen LogP contribution in [0.3, 0.4) is 0 Å². The number of para-hydroxylation sites is 1. The first-order valence-corrected chi connectivity index (χ1v) is 13.1. The molecule has 2 N–H and O–H groups in total. The van der Waals surface area contributed by atoms with Crippen molar-refractivity contribution in [2.45, 2.75) is 64.6 Å². The van der Waals surface area contributed by atoms with E-state index in [-0.39, 0.29) is 6.17 Å². The summed E-state index contributed by atoms with van der Waals surface area (Å²) in [5.74, 6) is 2.63. The highest BCUT2D eigenvalue weighted by molar-refractivity contribution is 5.94. The van der Waals surface area contributed by atoms with Crippen LogP contribution in [0.1, 0.15) is 68.9 Å². The van der Waals surface area contributed by atoms with Gasteiger partial charge in [-0.1, -0.05) is 63.4 Å². The van der Waals surface area contributed by atoms with Gasteiger partial charge in [-0.2, -0.15) is 0 Å². The van der Waals surface area contributed by atoms with Gasteiger partial charge in [-0.05, 0) is 49.1 Å². The van der Waals surface area contributed by atoms with Gasteiger partial charge in [0, 0.05) is 23.1 Å². The van der Waals surface area contributed by atoms with Gasteiger partial charge in [0.1, 0.15) is 17.4 Å². The Bertz CT molecular complexity index is 1260. The van der Waals surface area contributed by atoms with E-state index >= 15 is 0 Å². The van der Waals surface area contributed by atoms with Crippen molar-refractivity contribution < 1.29 is 18.7 Å². The van der Waals surface area contributed by atoms with Crippen molar-refractivity contribution in [3.05, 3.63) is 65.4 Å². The molecule has 0 bridgehead atoms. The van der Waals surface area contributed by atoms with E-state index in [1.165, 1.54) is 0 Å². The van der Waals surface area contributed by atoms with Crippen LogP contribution in [-0.2, 0) is 16.0 Å². The van der Waals surface area contributed by atoms with Crippen molar-refractivity contribution >= 4 is 28.7 Å². The van der Waals surface area contributed by atoms with Gasteiger partial charge in [0.15, 0.2) is 0 Å². The molecule has 0 aliphatic carbocycles. The highest BCUT2D eigenvalue weighted by atomic mass is 16.5. The van der Waals surface area contributed by atoms with Crippen molar-refractivity contribution in [3.8, 4) is 12.3 Å². The SMILES string of the molecule is C#CC(=O)N1[C@@H](c2ccc(NC(=O)OCCCCC)cc2)c2oc3ccccc3c2C[C@@H]1NCCCC. The minimum Gasteiger partial charge on any atom is -0.458 e. The van der Waals surface area contributed by atoms with Crippen LogP contribution < -0.4 is 10.6 Å². The fourth-order valence-corrected chi connectivity index (χ4v) is 4.83. The number of nitrogens with zero attached hydrogens (tertiary/aromatic N) is 1. The third-order valence-electron chi connectivity index (χ3n) is 6.71. The predicted octanol–water partition coefficient (Wildman–Crippen LogP) is 5.99. The van der Waals surface area contributed by atoms with Gasteiger partial charge in [0.2, 0.25) is 0 Å². The van der Waals surface area contributed by atoms with Crippen LogP contribution in [0.4, 0.5) is 10.5 Å². The molecular formula is C30H35N3O4. The lowest BCUT2D eigenvalue weighted by molar-refractivity contribution is -0.131. The Kier molecular flexibility index (Phi) is 8.86. The smallest absolute Gasteiger partial charge is 0.411 e.